The first kappa shape index (κ1) is 45.5. The van der Waals surface area contributed by atoms with Crippen molar-refractivity contribution in [3.63, 3.8) is 0 Å². The second-order valence-corrected chi connectivity index (χ2v) is 13.0. The highest BCUT2D eigenvalue weighted by Crippen LogP contribution is 2.21. The first-order valence-corrected chi connectivity index (χ1v) is 17.2. The molecule has 0 radical (unpaired) electrons. The van der Waals surface area contributed by atoms with Gasteiger partial charge in [0, 0.05) is 11.6 Å². The number of hydrogen-bond acceptors (Lipinski definition) is 9. The third-order valence-electron chi connectivity index (χ3n) is 7.01. The van der Waals surface area contributed by atoms with E-state index in [1.807, 2.05) is 24.3 Å². The van der Waals surface area contributed by atoms with Gasteiger partial charge in [0.15, 0.2) is 0 Å². The first-order valence-electron chi connectivity index (χ1n) is 15.7. The van der Waals surface area contributed by atoms with Crippen molar-refractivity contribution in [2.24, 2.45) is 5.73 Å². The average molecular weight is 807 g/mol. The summed E-state index contributed by atoms with van der Waals surface area (Å²) < 4.78 is 105. The van der Waals surface area contributed by atoms with Crippen LogP contribution in [-0.4, -0.2) is 91.7 Å². The fourth-order valence-corrected chi connectivity index (χ4v) is 5.61. The van der Waals surface area contributed by atoms with E-state index in [0.29, 0.717) is 23.3 Å². The number of halogens is 6. The molecule has 3 aromatic rings. The summed E-state index contributed by atoms with van der Waals surface area (Å²) in [5.74, 6) is -5.47. The van der Waals surface area contributed by atoms with Gasteiger partial charge in [-0.25, -0.2) is 27.5 Å². The van der Waals surface area contributed by atoms with Crippen molar-refractivity contribution in [1.82, 2.24) is 10.0 Å². The van der Waals surface area contributed by atoms with Crippen LogP contribution >= 0.6 is 0 Å². The fraction of sp³-hybridized carbons (Fsp3) is 0.294. The van der Waals surface area contributed by atoms with Gasteiger partial charge in [-0.2, -0.15) is 26.3 Å². The summed E-state index contributed by atoms with van der Waals surface area (Å²) in [6, 6.07) is 19.6. The highest BCUT2D eigenvalue weighted by molar-refractivity contribution is 7.89. The number of aliphatic carboxylic acids is 3. The molecule has 300 valence electrons. The maximum Gasteiger partial charge on any atom is 0.490 e. The van der Waals surface area contributed by atoms with Crippen LogP contribution in [0.15, 0.2) is 83.8 Å². The predicted octanol–water partition coefficient (Wildman–Crippen LogP) is 4.43. The number of rotatable bonds is 13. The quantitative estimate of drug-likeness (QED) is 0.0550. The number of alkyl halides is 6. The van der Waals surface area contributed by atoms with E-state index in [2.05, 4.69) is 10.0 Å². The van der Waals surface area contributed by atoms with E-state index in [4.69, 9.17) is 45.5 Å². The number of hydrogen-bond donors (Lipinski definition) is 7. The summed E-state index contributed by atoms with van der Waals surface area (Å²) in [6.07, 6.45) is -5.38. The molecule has 14 nitrogen and oxygen atoms in total. The van der Waals surface area contributed by atoms with Crippen LogP contribution in [0.25, 0.3) is 6.08 Å². The van der Waals surface area contributed by atoms with Crippen molar-refractivity contribution in [3.05, 3.63) is 95.6 Å². The van der Waals surface area contributed by atoms with E-state index in [1.165, 1.54) is 30.3 Å². The Morgan fingerprint density at radius 3 is 1.93 bits per heavy atom. The maximum atomic E-state index is 13.3. The summed E-state index contributed by atoms with van der Waals surface area (Å²) in [4.78, 5) is 28.6. The molecule has 1 heterocycles. The summed E-state index contributed by atoms with van der Waals surface area (Å²) in [7, 11) is -3.94. The molecule has 0 amide bonds. The Bertz CT molecular complexity index is 1860. The number of nitrogens with two attached hydrogens (primary N) is 1. The first-order chi connectivity index (χ1) is 25.6. The third kappa shape index (κ3) is 17.3. The number of piperidine rings is 1. The zero-order valence-corrected chi connectivity index (χ0v) is 29.2. The van der Waals surface area contributed by atoms with Crippen molar-refractivity contribution in [3.8, 4) is 11.5 Å². The molecule has 21 heteroatoms. The average Bonchev–Trinajstić information content (AvgIpc) is 3.11. The Morgan fingerprint density at radius 1 is 0.891 bits per heavy atom. The van der Waals surface area contributed by atoms with Gasteiger partial charge in [0.05, 0.1) is 10.9 Å². The molecule has 1 aliphatic rings. The van der Waals surface area contributed by atoms with Crippen molar-refractivity contribution in [2.75, 3.05) is 19.7 Å². The minimum absolute atomic E-state index is 0.0212. The molecule has 0 saturated carbocycles. The van der Waals surface area contributed by atoms with Gasteiger partial charge in [-0.15, -0.1) is 0 Å². The lowest BCUT2D eigenvalue weighted by Gasteiger charge is -2.24. The smallest absolute Gasteiger partial charge is 0.490 e. The second-order valence-electron chi connectivity index (χ2n) is 11.3. The van der Waals surface area contributed by atoms with E-state index in [-0.39, 0.29) is 23.4 Å². The lowest BCUT2D eigenvalue weighted by atomic mass is 10.1. The van der Waals surface area contributed by atoms with Gasteiger partial charge in [-0.05, 0) is 86.0 Å². The standard InChI is InChI=1S/C30H34N4O6S.2C2HF3O2/c31-30(32)23-2-1-3-27(19-23)39-20-24(18-22-4-9-25(10-5-22)40-26-14-16-33-17-15-26)34-41(37,38)28-11-6-21(7-12-28)8-13-29(35)36;2*3-2(4,5)1(6)7/h1-13,19,24,26,33-34H,14-18,20H2,(H3,31,32)(H,35,36);2*(H,6,7)/b13-8+;;/t24-;;/m0../s1. The van der Waals surface area contributed by atoms with E-state index < -0.39 is 46.3 Å². The molecule has 0 bridgehead atoms. The van der Waals surface area contributed by atoms with Gasteiger partial charge in [-0.3, -0.25) is 5.41 Å². The third-order valence-corrected chi connectivity index (χ3v) is 8.54. The fourth-order valence-electron chi connectivity index (χ4n) is 4.39. The Labute approximate surface area is 310 Å². The highest BCUT2D eigenvalue weighted by atomic mass is 32.2. The zero-order valence-electron chi connectivity index (χ0n) is 28.4. The predicted molar refractivity (Wildman–Crippen MR) is 184 cm³/mol. The van der Waals surface area contributed by atoms with E-state index in [9.17, 15) is 39.6 Å². The zero-order chi connectivity index (χ0) is 41.4. The lowest BCUT2D eigenvalue weighted by molar-refractivity contribution is -0.193. The molecule has 0 unspecified atom stereocenters. The molecule has 4 rings (SSSR count). The number of sulfonamides is 1. The summed E-state index contributed by atoms with van der Waals surface area (Å²) in [5, 5.41) is 34.0. The molecule has 1 fully saturated rings. The van der Waals surface area contributed by atoms with E-state index >= 15 is 0 Å². The van der Waals surface area contributed by atoms with Crippen LogP contribution in [0.3, 0.4) is 0 Å². The molecule has 1 aliphatic heterocycles. The number of carboxylic acid groups (broad SMARTS) is 3. The van der Waals surface area contributed by atoms with Crippen molar-refractivity contribution < 1.29 is 73.9 Å². The highest BCUT2D eigenvalue weighted by Gasteiger charge is 2.39. The molecule has 1 atom stereocenters. The van der Waals surface area contributed by atoms with Gasteiger partial charge >= 0.3 is 30.3 Å². The Morgan fingerprint density at radius 2 is 1.44 bits per heavy atom. The number of carbonyl (C=O) groups is 3. The van der Waals surface area contributed by atoms with Gasteiger partial charge < -0.3 is 35.8 Å². The lowest BCUT2D eigenvalue weighted by Crippen LogP contribution is -2.40. The van der Waals surface area contributed by atoms with Crippen LogP contribution in [0.2, 0.25) is 0 Å². The van der Waals surface area contributed by atoms with Crippen LogP contribution in [0.5, 0.6) is 11.5 Å². The number of nitrogen functional groups attached to an aromatic ring is 1. The monoisotopic (exact) mass is 806 g/mol. The number of benzene rings is 3. The minimum Gasteiger partial charge on any atom is -0.492 e. The topological polar surface area (TPSA) is 238 Å². The van der Waals surface area contributed by atoms with E-state index in [0.717, 1.165) is 43.3 Å². The molecular weight excluding hydrogens is 770 g/mol. The normalized spacial score (nSPS) is 14.0. The molecule has 0 spiro atoms. The number of carboxylic acids is 3. The molecular formula is C34H36F6N4O10S. The number of nitrogens with one attached hydrogen (secondary N) is 3. The van der Waals surface area contributed by atoms with Gasteiger partial charge in [0.2, 0.25) is 10.0 Å². The van der Waals surface area contributed by atoms with Crippen LogP contribution in [-0.2, 0) is 30.8 Å². The van der Waals surface area contributed by atoms with Crippen molar-refractivity contribution in [2.45, 2.75) is 48.7 Å². The molecule has 8 N–H and O–H groups in total. The Balaban J connectivity index is 0.000000633. The second kappa shape index (κ2) is 20.7. The molecule has 0 aliphatic carbocycles. The Hall–Kier alpha value is -5.67. The number of amidine groups is 1. The summed E-state index contributed by atoms with van der Waals surface area (Å²) >= 11 is 0. The molecule has 3 aromatic carbocycles. The van der Waals surface area contributed by atoms with E-state index in [1.54, 1.807) is 24.3 Å². The minimum atomic E-state index is -5.08. The van der Waals surface area contributed by atoms with Crippen molar-refractivity contribution >= 4 is 39.8 Å². The SMILES string of the molecule is N=C(N)c1cccc(OC[C@H](Cc2ccc(OC3CCNCC3)cc2)NS(=O)(=O)c2ccc(/C=C/C(=O)O)cc2)c1.O=C(O)C(F)(F)F.O=C(O)C(F)(F)F. The summed E-state index contributed by atoms with van der Waals surface area (Å²) in [5.41, 5.74) is 7.55. The molecule has 55 heavy (non-hydrogen) atoms. The van der Waals surface area contributed by atoms with Gasteiger partial charge in [0.25, 0.3) is 0 Å². The molecule has 1 saturated heterocycles. The van der Waals surface area contributed by atoms with Crippen LogP contribution in [0.1, 0.15) is 29.5 Å². The van der Waals surface area contributed by atoms with Crippen LogP contribution in [0.4, 0.5) is 26.3 Å². The van der Waals surface area contributed by atoms with Gasteiger partial charge in [-0.1, -0.05) is 36.4 Å². The Kier molecular flexibility index (Phi) is 17.1. The number of ether oxygens (including phenoxy) is 2. The summed E-state index contributed by atoms with van der Waals surface area (Å²) in [6.45, 7) is 1.89. The van der Waals surface area contributed by atoms with Crippen molar-refractivity contribution in [1.29, 1.82) is 5.41 Å². The molecule has 0 aromatic heterocycles. The van der Waals surface area contributed by atoms with Gasteiger partial charge in [0.1, 0.15) is 30.0 Å². The van der Waals surface area contributed by atoms with Crippen LogP contribution in [0, 0.1) is 5.41 Å². The maximum absolute atomic E-state index is 13.3. The van der Waals surface area contributed by atoms with Crippen LogP contribution < -0.4 is 25.2 Å². The largest absolute Gasteiger partial charge is 0.492 e.